The number of piperazine rings is 1. The summed E-state index contributed by atoms with van der Waals surface area (Å²) in [5, 5.41) is 8.98. The van der Waals surface area contributed by atoms with Gasteiger partial charge in [0, 0.05) is 49.3 Å². The second-order valence-corrected chi connectivity index (χ2v) is 10.5. The van der Waals surface area contributed by atoms with E-state index in [4.69, 9.17) is 9.47 Å². The third-order valence-electron chi connectivity index (χ3n) is 7.83. The van der Waals surface area contributed by atoms with E-state index >= 15 is 0 Å². The molecule has 0 spiro atoms. The van der Waals surface area contributed by atoms with Crippen molar-refractivity contribution in [3.05, 3.63) is 72.3 Å². The van der Waals surface area contributed by atoms with Gasteiger partial charge in [-0.2, -0.15) is 0 Å². The Balaban J connectivity index is 1.32. The maximum Gasteiger partial charge on any atom is 0.323 e. The van der Waals surface area contributed by atoms with E-state index in [2.05, 4.69) is 31.8 Å². The van der Waals surface area contributed by atoms with Gasteiger partial charge >= 0.3 is 6.03 Å². The summed E-state index contributed by atoms with van der Waals surface area (Å²) in [6, 6.07) is 20.5. The molecule has 1 saturated heterocycles. The number of nitrogens with one attached hydrogen (secondary N) is 3. The summed E-state index contributed by atoms with van der Waals surface area (Å²) in [4.78, 5) is 31.0. The van der Waals surface area contributed by atoms with Crippen LogP contribution in [0.5, 0.6) is 11.5 Å². The van der Waals surface area contributed by atoms with E-state index in [0.717, 1.165) is 69.0 Å². The molecule has 3 aromatic carbocycles. The summed E-state index contributed by atoms with van der Waals surface area (Å²) in [7, 11) is 3.29. The van der Waals surface area contributed by atoms with Gasteiger partial charge in [-0.25, -0.2) is 4.79 Å². The molecule has 0 unspecified atom stereocenters. The predicted molar refractivity (Wildman–Crippen MR) is 164 cm³/mol. The van der Waals surface area contributed by atoms with Gasteiger partial charge in [-0.05, 0) is 67.4 Å². The molecule has 0 radical (unpaired) electrons. The fourth-order valence-corrected chi connectivity index (χ4v) is 5.63. The molecule has 9 nitrogen and oxygen atoms in total. The van der Waals surface area contributed by atoms with Crippen molar-refractivity contribution in [2.75, 3.05) is 60.8 Å². The topological polar surface area (TPSA) is 95.2 Å². The number of anilines is 4. The largest absolute Gasteiger partial charge is 0.497 e. The third kappa shape index (κ3) is 7.03. The second kappa shape index (κ2) is 13.3. The Bertz CT molecular complexity index is 1330. The zero-order valence-corrected chi connectivity index (χ0v) is 23.8. The van der Waals surface area contributed by atoms with Crippen molar-refractivity contribution in [2.45, 2.75) is 38.1 Å². The highest BCUT2D eigenvalue weighted by Gasteiger charge is 2.25. The van der Waals surface area contributed by atoms with Crippen LogP contribution in [0.4, 0.5) is 27.5 Å². The van der Waals surface area contributed by atoms with Crippen LogP contribution >= 0.6 is 0 Å². The maximum atomic E-state index is 13.6. The number of para-hydroxylation sites is 2. The molecule has 1 aliphatic carbocycles. The number of carbonyl (C=O) groups excluding carboxylic acids is 2. The first-order valence-electron chi connectivity index (χ1n) is 14.3. The molecule has 2 aliphatic rings. The van der Waals surface area contributed by atoms with Crippen molar-refractivity contribution in [3.8, 4) is 11.5 Å². The molecule has 3 N–H and O–H groups in total. The number of methoxy groups -OCH3 is 2. The minimum atomic E-state index is -0.382. The Morgan fingerprint density at radius 3 is 2.05 bits per heavy atom. The second-order valence-electron chi connectivity index (χ2n) is 10.5. The van der Waals surface area contributed by atoms with Gasteiger partial charge in [-0.3, -0.25) is 4.79 Å². The summed E-state index contributed by atoms with van der Waals surface area (Å²) in [6.07, 6.45) is 5.49. The first-order valence-corrected chi connectivity index (χ1v) is 14.3. The van der Waals surface area contributed by atoms with Crippen LogP contribution in [0.1, 0.15) is 42.5 Å². The quantitative estimate of drug-likeness (QED) is 0.327. The number of rotatable bonds is 8. The highest BCUT2D eigenvalue weighted by molar-refractivity contribution is 6.04. The number of urea groups is 1. The fraction of sp³-hybridized carbons (Fsp3) is 0.375. The van der Waals surface area contributed by atoms with E-state index in [-0.39, 0.29) is 18.0 Å². The van der Waals surface area contributed by atoms with Crippen molar-refractivity contribution >= 4 is 34.7 Å². The molecule has 0 atom stereocenters. The predicted octanol–water partition coefficient (Wildman–Crippen LogP) is 5.74. The average Bonchev–Trinajstić information content (AvgIpc) is 3.02. The molecular weight excluding hydrogens is 518 g/mol. The van der Waals surface area contributed by atoms with Crippen LogP contribution in [-0.2, 0) is 0 Å². The van der Waals surface area contributed by atoms with Gasteiger partial charge in [0.1, 0.15) is 11.5 Å². The number of carbonyl (C=O) groups is 2. The summed E-state index contributed by atoms with van der Waals surface area (Å²) in [5.41, 5.74) is 3.72. The maximum absolute atomic E-state index is 13.6. The summed E-state index contributed by atoms with van der Waals surface area (Å²) >= 11 is 0. The van der Waals surface area contributed by atoms with Crippen molar-refractivity contribution in [1.29, 1.82) is 0 Å². The van der Waals surface area contributed by atoms with Crippen molar-refractivity contribution in [2.24, 2.45) is 0 Å². The summed E-state index contributed by atoms with van der Waals surface area (Å²) in [5.74, 6) is 1.47. The standard InChI is InChI=1S/C32H39N5O4/c1-40-26-15-12-24(13-16-26)34-32(39)35-25-14-17-28(27(22-25)31(38)33-23-8-4-3-5-9-23)36-18-20-37(21-19-36)29-10-6-7-11-30(29)41-2/h6-7,10-17,22-23H,3-5,8-9,18-21H2,1-2H3,(H,33,38)(H2,34,35,39). The Kier molecular flexibility index (Phi) is 9.13. The van der Waals surface area contributed by atoms with E-state index in [1.807, 2.05) is 30.3 Å². The van der Waals surface area contributed by atoms with E-state index in [9.17, 15) is 9.59 Å². The van der Waals surface area contributed by atoms with Gasteiger partial charge in [0.05, 0.1) is 25.5 Å². The average molecular weight is 558 g/mol. The third-order valence-corrected chi connectivity index (χ3v) is 7.83. The van der Waals surface area contributed by atoms with Gasteiger partial charge < -0.3 is 35.2 Å². The molecule has 0 aromatic heterocycles. The zero-order chi connectivity index (χ0) is 28.6. The molecule has 0 bridgehead atoms. The lowest BCUT2D eigenvalue weighted by Gasteiger charge is -2.38. The van der Waals surface area contributed by atoms with E-state index in [1.54, 1.807) is 44.6 Å². The first kappa shape index (κ1) is 28.1. The number of nitrogens with zero attached hydrogens (tertiary/aromatic N) is 2. The van der Waals surface area contributed by atoms with Crippen LogP contribution in [-0.4, -0.2) is 58.4 Å². The van der Waals surface area contributed by atoms with Crippen LogP contribution in [0, 0.1) is 0 Å². The van der Waals surface area contributed by atoms with Gasteiger partial charge in [0.25, 0.3) is 5.91 Å². The normalized spacial score (nSPS) is 15.7. The lowest BCUT2D eigenvalue weighted by Crippen LogP contribution is -2.47. The Labute approximate surface area is 241 Å². The summed E-state index contributed by atoms with van der Waals surface area (Å²) in [6.45, 7) is 3.11. The van der Waals surface area contributed by atoms with E-state index in [0.29, 0.717) is 22.7 Å². The van der Waals surface area contributed by atoms with Gasteiger partial charge in [0.15, 0.2) is 0 Å². The molecule has 1 saturated carbocycles. The molecule has 1 heterocycles. The minimum absolute atomic E-state index is 0.0988. The smallest absolute Gasteiger partial charge is 0.323 e. The van der Waals surface area contributed by atoms with Crippen LogP contribution in [0.3, 0.4) is 0 Å². The van der Waals surface area contributed by atoms with Crippen molar-refractivity contribution < 1.29 is 19.1 Å². The molecule has 9 heteroatoms. The monoisotopic (exact) mass is 557 g/mol. The van der Waals surface area contributed by atoms with Gasteiger partial charge in [-0.15, -0.1) is 0 Å². The lowest BCUT2D eigenvalue weighted by molar-refractivity contribution is 0.0928. The van der Waals surface area contributed by atoms with Crippen LogP contribution in [0.15, 0.2) is 66.7 Å². The lowest BCUT2D eigenvalue weighted by atomic mass is 9.95. The van der Waals surface area contributed by atoms with E-state index in [1.165, 1.54) is 6.42 Å². The molecule has 41 heavy (non-hydrogen) atoms. The van der Waals surface area contributed by atoms with Crippen LogP contribution in [0.2, 0.25) is 0 Å². The molecular formula is C32H39N5O4. The Morgan fingerprint density at radius 2 is 1.37 bits per heavy atom. The molecule has 1 aliphatic heterocycles. The molecule has 2 fully saturated rings. The fourth-order valence-electron chi connectivity index (χ4n) is 5.63. The number of benzene rings is 3. The van der Waals surface area contributed by atoms with Crippen LogP contribution < -0.4 is 35.2 Å². The minimum Gasteiger partial charge on any atom is -0.497 e. The van der Waals surface area contributed by atoms with Crippen LogP contribution in [0.25, 0.3) is 0 Å². The number of amides is 3. The van der Waals surface area contributed by atoms with E-state index < -0.39 is 0 Å². The van der Waals surface area contributed by atoms with Gasteiger partial charge in [0.2, 0.25) is 0 Å². The van der Waals surface area contributed by atoms with Crippen molar-refractivity contribution in [1.82, 2.24) is 5.32 Å². The first-order chi connectivity index (χ1) is 20.0. The molecule has 216 valence electrons. The Hall–Kier alpha value is -4.40. The molecule has 3 amide bonds. The molecule has 5 rings (SSSR count). The zero-order valence-electron chi connectivity index (χ0n) is 23.8. The SMILES string of the molecule is COc1ccc(NC(=O)Nc2ccc(N3CCN(c4ccccc4OC)CC3)c(C(=O)NC3CCCCC3)c2)cc1. The number of ether oxygens (including phenoxy) is 2. The van der Waals surface area contributed by atoms with Crippen molar-refractivity contribution in [3.63, 3.8) is 0 Å². The highest BCUT2D eigenvalue weighted by atomic mass is 16.5. The molecule has 3 aromatic rings. The number of hydrogen-bond acceptors (Lipinski definition) is 6. The summed E-state index contributed by atoms with van der Waals surface area (Å²) < 4.78 is 10.8. The number of hydrogen-bond donors (Lipinski definition) is 3. The Morgan fingerprint density at radius 1 is 0.732 bits per heavy atom. The highest BCUT2D eigenvalue weighted by Crippen LogP contribution is 2.31. The van der Waals surface area contributed by atoms with Gasteiger partial charge in [-0.1, -0.05) is 31.4 Å².